The molecule has 0 saturated heterocycles. The molecule has 8 heteroatoms. The second-order valence-electron chi connectivity index (χ2n) is 9.75. The fraction of sp³-hybridized carbons (Fsp3) is 0.138. The van der Waals surface area contributed by atoms with E-state index in [1.807, 2.05) is 81.4 Å². The molecule has 0 spiro atoms. The maximum atomic E-state index is 12.2. The first-order valence-electron chi connectivity index (χ1n) is 12.0. The molecule has 184 valence electrons. The lowest BCUT2D eigenvalue weighted by molar-refractivity contribution is 0.0636. The molecule has 0 atom stereocenters. The maximum absolute atomic E-state index is 12.2. The van der Waals surface area contributed by atoms with Gasteiger partial charge in [0.05, 0.1) is 17.4 Å². The van der Waals surface area contributed by atoms with Gasteiger partial charge in [-0.15, -0.1) is 0 Å². The van der Waals surface area contributed by atoms with Crippen molar-refractivity contribution >= 4 is 50.9 Å². The highest BCUT2D eigenvalue weighted by Crippen LogP contribution is 2.36. The Morgan fingerprint density at radius 2 is 1.70 bits per heavy atom. The zero-order chi connectivity index (χ0) is 25.6. The molecular formula is C29H25N5O3. The maximum Gasteiger partial charge on any atom is 0.412 e. The number of para-hydroxylation sites is 2. The van der Waals surface area contributed by atoms with Crippen LogP contribution in [0.3, 0.4) is 0 Å². The van der Waals surface area contributed by atoms with Crippen LogP contribution in [0.15, 0.2) is 89.5 Å². The smallest absolute Gasteiger partial charge is 0.412 e. The minimum atomic E-state index is -0.585. The van der Waals surface area contributed by atoms with Gasteiger partial charge >= 0.3 is 6.09 Å². The summed E-state index contributed by atoms with van der Waals surface area (Å²) in [6.45, 7) is 5.47. The van der Waals surface area contributed by atoms with Crippen LogP contribution < -0.4 is 10.6 Å². The Morgan fingerprint density at radius 1 is 0.919 bits per heavy atom. The summed E-state index contributed by atoms with van der Waals surface area (Å²) in [6.07, 6.45) is 1.21. The number of nitrogens with one attached hydrogen (secondary N) is 2. The topological polar surface area (TPSA) is 93.7 Å². The lowest BCUT2D eigenvalue weighted by atomic mass is 10.1. The van der Waals surface area contributed by atoms with E-state index < -0.39 is 11.7 Å². The Kier molecular flexibility index (Phi) is 5.30. The number of hydrogen-bond acceptors (Lipinski definition) is 6. The normalized spacial score (nSPS) is 11.8. The van der Waals surface area contributed by atoms with Crippen molar-refractivity contribution in [2.75, 3.05) is 10.6 Å². The number of fused-ring (bicyclic) bond motifs is 4. The van der Waals surface area contributed by atoms with Crippen LogP contribution in [0.1, 0.15) is 20.8 Å². The first kappa shape index (κ1) is 22.6. The van der Waals surface area contributed by atoms with Gasteiger partial charge in [-0.25, -0.2) is 14.3 Å². The molecular weight excluding hydrogens is 466 g/mol. The van der Waals surface area contributed by atoms with Crippen LogP contribution in [0.2, 0.25) is 0 Å². The van der Waals surface area contributed by atoms with Crippen molar-refractivity contribution in [3.8, 4) is 11.3 Å². The molecule has 0 aliphatic heterocycles. The van der Waals surface area contributed by atoms with Crippen molar-refractivity contribution in [1.82, 2.24) is 14.6 Å². The van der Waals surface area contributed by atoms with Gasteiger partial charge in [0.25, 0.3) is 0 Å². The number of carbonyl (C=O) groups is 1. The monoisotopic (exact) mass is 491 g/mol. The highest BCUT2D eigenvalue weighted by atomic mass is 16.6. The highest BCUT2D eigenvalue weighted by Gasteiger charge is 2.17. The number of rotatable bonds is 4. The summed E-state index contributed by atoms with van der Waals surface area (Å²) in [5.41, 5.74) is 4.89. The first-order valence-corrected chi connectivity index (χ1v) is 12.0. The van der Waals surface area contributed by atoms with Crippen molar-refractivity contribution in [3.05, 3.63) is 85.1 Å². The zero-order valence-electron chi connectivity index (χ0n) is 20.6. The molecule has 1 amide bonds. The standard InChI is InChI=1S/C29H25N5O3/c1-29(2,3)37-28(35)32-19-9-6-8-18(16-19)31-27-33-24(17-20-14-15-30-34(20)27)23-12-7-11-22-21-10-4-5-13-25(21)36-26(22)23/h4-17H,1-3H3,(H,31,33)(H,32,35). The Morgan fingerprint density at radius 3 is 2.57 bits per heavy atom. The average molecular weight is 492 g/mol. The van der Waals surface area contributed by atoms with E-state index in [1.54, 1.807) is 16.8 Å². The largest absolute Gasteiger partial charge is 0.455 e. The summed E-state index contributed by atoms with van der Waals surface area (Å²) in [7, 11) is 0. The number of furan rings is 1. The van der Waals surface area contributed by atoms with Crippen LogP contribution in [0, 0.1) is 0 Å². The van der Waals surface area contributed by atoms with E-state index in [9.17, 15) is 4.79 Å². The van der Waals surface area contributed by atoms with Gasteiger partial charge in [0, 0.05) is 27.7 Å². The molecule has 0 saturated carbocycles. The van der Waals surface area contributed by atoms with E-state index in [0.29, 0.717) is 11.6 Å². The van der Waals surface area contributed by atoms with Crippen LogP contribution in [0.4, 0.5) is 22.1 Å². The molecule has 3 heterocycles. The summed E-state index contributed by atoms with van der Waals surface area (Å²) in [4.78, 5) is 17.1. The van der Waals surface area contributed by atoms with Gasteiger partial charge in [-0.05, 0) is 63.2 Å². The molecule has 0 aliphatic carbocycles. The van der Waals surface area contributed by atoms with Gasteiger partial charge in [0.15, 0.2) is 0 Å². The number of hydrogen-bond donors (Lipinski definition) is 2. The highest BCUT2D eigenvalue weighted by molar-refractivity contribution is 6.09. The van der Waals surface area contributed by atoms with Crippen LogP contribution >= 0.6 is 0 Å². The molecule has 0 fully saturated rings. The number of benzene rings is 3. The summed E-state index contributed by atoms with van der Waals surface area (Å²) in [5.74, 6) is 0.528. The van der Waals surface area contributed by atoms with Gasteiger partial charge in [-0.3, -0.25) is 5.32 Å². The molecule has 0 bridgehead atoms. The molecule has 8 nitrogen and oxygen atoms in total. The summed E-state index contributed by atoms with van der Waals surface area (Å²) >= 11 is 0. The number of nitrogens with zero attached hydrogens (tertiary/aromatic N) is 3. The molecule has 3 aromatic carbocycles. The predicted octanol–water partition coefficient (Wildman–Crippen LogP) is 7.39. The second kappa shape index (κ2) is 8.67. The minimum absolute atomic E-state index is 0.516. The van der Waals surface area contributed by atoms with Crippen molar-refractivity contribution in [3.63, 3.8) is 0 Å². The van der Waals surface area contributed by atoms with Crippen molar-refractivity contribution < 1.29 is 13.9 Å². The SMILES string of the molecule is CC(C)(C)OC(=O)Nc1cccc(Nc2nc(-c3cccc4c3oc3ccccc34)cc3ccnn23)c1. The molecule has 6 rings (SSSR count). The fourth-order valence-corrected chi connectivity index (χ4v) is 4.33. The lowest BCUT2D eigenvalue weighted by Crippen LogP contribution is -2.27. The Hall–Kier alpha value is -4.85. The zero-order valence-corrected chi connectivity index (χ0v) is 20.6. The van der Waals surface area contributed by atoms with E-state index in [4.69, 9.17) is 14.1 Å². The Balaban J connectivity index is 1.38. The van der Waals surface area contributed by atoms with Gasteiger partial charge in [-0.1, -0.05) is 36.4 Å². The quantitative estimate of drug-likeness (QED) is 0.267. The molecule has 0 aliphatic rings. The number of amides is 1. The summed E-state index contributed by atoms with van der Waals surface area (Å²) in [6, 6.07) is 25.3. The molecule has 0 unspecified atom stereocenters. The van der Waals surface area contributed by atoms with E-state index in [1.165, 1.54) is 0 Å². The number of carbonyl (C=O) groups excluding carboxylic acids is 1. The lowest BCUT2D eigenvalue weighted by Gasteiger charge is -2.19. The van der Waals surface area contributed by atoms with E-state index in [-0.39, 0.29) is 0 Å². The second-order valence-corrected chi connectivity index (χ2v) is 9.75. The van der Waals surface area contributed by atoms with E-state index >= 15 is 0 Å². The molecule has 0 radical (unpaired) electrons. The number of ether oxygens (including phenoxy) is 1. The summed E-state index contributed by atoms with van der Waals surface area (Å²) in [5, 5.41) is 12.7. The third kappa shape index (κ3) is 4.45. The Bertz CT molecular complexity index is 1780. The predicted molar refractivity (Wildman–Crippen MR) is 145 cm³/mol. The number of aromatic nitrogens is 3. The first-order chi connectivity index (χ1) is 17.8. The van der Waals surface area contributed by atoms with Crippen molar-refractivity contribution in [1.29, 1.82) is 0 Å². The Labute approximate surface area is 212 Å². The van der Waals surface area contributed by atoms with Gasteiger partial charge in [-0.2, -0.15) is 5.10 Å². The average Bonchev–Trinajstić information content (AvgIpc) is 3.47. The van der Waals surface area contributed by atoms with Crippen LogP contribution in [0.25, 0.3) is 38.7 Å². The van der Waals surface area contributed by atoms with Gasteiger partial charge < -0.3 is 14.5 Å². The molecule has 2 N–H and O–H groups in total. The molecule has 3 aromatic heterocycles. The van der Waals surface area contributed by atoms with E-state index in [2.05, 4.69) is 27.9 Å². The third-order valence-electron chi connectivity index (χ3n) is 5.83. The third-order valence-corrected chi connectivity index (χ3v) is 5.83. The molecule has 6 aromatic rings. The summed E-state index contributed by atoms with van der Waals surface area (Å²) < 4.78 is 13.3. The minimum Gasteiger partial charge on any atom is -0.455 e. The van der Waals surface area contributed by atoms with Gasteiger partial charge in [0.1, 0.15) is 16.8 Å². The van der Waals surface area contributed by atoms with Crippen LogP contribution in [0.5, 0.6) is 0 Å². The fourth-order valence-electron chi connectivity index (χ4n) is 4.33. The number of anilines is 3. The van der Waals surface area contributed by atoms with Crippen molar-refractivity contribution in [2.45, 2.75) is 26.4 Å². The molecule has 37 heavy (non-hydrogen) atoms. The van der Waals surface area contributed by atoms with Gasteiger partial charge in [0.2, 0.25) is 5.95 Å². The van der Waals surface area contributed by atoms with Crippen LogP contribution in [-0.4, -0.2) is 26.3 Å². The van der Waals surface area contributed by atoms with E-state index in [0.717, 1.165) is 44.4 Å². The van der Waals surface area contributed by atoms with Crippen molar-refractivity contribution in [2.24, 2.45) is 0 Å². The van der Waals surface area contributed by atoms with Crippen LogP contribution in [-0.2, 0) is 4.74 Å².